The Bertz CT molecular complexity index is 779. The van der Waals surface area contributed by atoms with Crippen LogP contribution in [0.1, 0.15) is 15.9 Å². The predicted molar refractivity (Wildman–Crippen MR) is 89.8 cm³/mol. The zero-order chi connectivity index (χ0) is 19.2. The van der Waals surface area contributed by atoms with E-state index < -0.39 is 29.6 Å². The van der Waals surface area contributed by atoms with Gasteiger partial charge in [0.2, 0.25) is 5.78 Å². The molecule has 0 bridgehead atoms. The van der Waals surface area contributed by atoms with E-state index in [1.807, 2.05) is 5.32 Å². The van der Waals surface area contributed by atoms with Crippen molar-refractivity contribution in [1.82, 2.24) is 5.32 Å². The summed E-state index contributed by atoms with van der Waals surface area (Å²) in [5.74, 6) is -8.69. The molecule has 2 rings (SSSR count). The molecule has 1 amide bonds. The van der Waals surface area contributed by atoms with Crippen LogP contribution in [0.15, 0.2) is 60.7 Å². The Hall–Kier alpha value is -3.09. The van der Waals surface area contributed by atoms with Gasteiger partial charge in [0.25, 0.3) is 5.91 Å². The number of hydrogen-bond donors (Lipinski definition) is 1. The fourth-order valence-corrected chi connectivity index (χ4v) is 2.31. The van der Waals surface area contributed by atoms with Gasteiger partial charge in [-0.3, -0.25) is 9.59 Å². The first-order valence-corrected chi connectivity index (χ1v) is 7.76. The highest BCUT2D eigenvalue weighted by atomic mass is 19.3. The number of ketones is 1. The van der Waals surface area contributed by atoms with Gasteiger partial charge in [0.1, 0.15) is 6.04 Å². The predicted octanol–water partition coefficient (Wildman–Crippen LogP) is 2.41. The lowest BCUT2D eigenvalue weighted by Crippen LogP contribution is -2.52. The molecule has 0 unspecified atom stereocenters. The van der Waals surface area contributed by atoms with Crippen LogP contribution >= 0.6 is 0 Å². The summed E-state index contributed by atoms with van der Waals surface area (Å²) in [6.07, 6.45) is -0.0468. The molecule has 0 saturated heterocycles. The zero-order valence-electron chi connectivity index (χ0n) is 13.9. The van der Waals surface area contributed by atoms with Gasteiger partial charge in [-0.1, -0.05) is 60.7 Å². The van der Waals surface area contributed by atoms with Crippen molar-refractivity contribution >= 4 is 17.7 Å². The lowest BCUT2D eigenvalue weighted by molar-refractivity contribution is -0.149. The number of halogens is 2. The van der Waals surface area contributed by atoms with Crippen molar-refractivity contribution in [2.24, 2.45) is 0 Å². The fraction of sp³-hybridized carbons (Fsp3) is 0.211. The van der Waals surface area contributed by atoms with E-state index in [2.05, 4.69) is 4.74 Å². The number of carbonyl (C=O) groups excluding carboxylic acids is 3. The van der Waals surface area contributed by atoms with Crippen LogP contribution in [-0.4, -0.2) is 36.7 Å². The summed E-state index contributed by atoms with van der Waals surface area (Å²) in [7, 11) is 1.08. The summed E-state index contributed by atoms with van der Waals surface area (Å²) in [4.78, 5) is 35.8. The van der Waals surface area contributed by atoms with E-state index in [9.17, 15) is 23.2 Å². The number of carbonyl (C=O) groups is 3. The minimum atomic E-state index is -4.32. The van der Waals surface area contributed by atoms with Gasteiger partial charge in [0.05, 0.1) is 7.11 Å². The Labute approximate surface area is 149 Å². The second kappa shape index (κ2) is 8.33. The van der Waals surface area contributed by atoms with Crippen LogP contribution in [0.3, 0.4) is 0 Å². The first-order valence-electron chi connectivity index (χ1n) is 7.76. The minimum Gasteiger partial charge on any atom is -0.467 e. The third-order valence-corrected chi connectivity index (χ3v) is 3.68. The van der Waals surface area contributed by atoms with E-state index in [0.29, 0.717) is 5.56 Å². The van der Waals surface area contributed by atoms with Crippen molar-refractivity contribution in [3.63, 3.8) is 0 Å². The molecule has 0 spiro atoms. The third kappa shape index (κ3) is 4.50. The molecule has 0 radical (unpaired) electrons. The molecule has 5 nitrogen and oxygen atoms in total. The second-order valence-corrected chi connectivity index (χ2v) is 5.51. The summed E-state index contributed by atoms with van der Waals surface area (Å²) in [5.41, 5.74) is 0.339. The van der Waals surface area contributed by atoms with Crippen molar-refractivity contribution in [3.8, 4) is 0 Å². The maximum atomic E-state index is 14.2. The largest absolute Gasteiger partial charge is 0.467 e. The highest BCUT2D eigenvalue weighted by molar-refractivity contribution is 6.15. The number of esters is 1. The molecule has 0 aliphatic carbocycles. The van der Waals surface area contributed by atoms with Crippen LogP contribution in [0.2, 0.25) is 0 Å². The molecule has 0 heterocycles. The minimum absolute atomic E-state index is 0.0468. The molecule has 26 heavy (non-hydrogen) atoms. The van der Waals surface area contributed by atoms with Crippen LogP contribution in [0.5, 0.6) is 0 Å². The number of nitrogens with one attached hydrogen (secondary N) is 1. The molecule has 0 aliphatic heterocycles. The van der Waals surface area contributed by atoms with E-state index >= 15 is 0 Å². The van der Waals surface area contributed by atoms with E-state index in [1.165, 1.54) is 24.3 Å². The van der Waals surface area contributed by atoms with Crippen molar-refractivity contribution in [2.75, 3.05) is 7.11 Å². The Kier molecular flexibility index (Phi) is 6.16. The number of alkyl halides is 2. The molecular weight excluding hydrogens is 344 g/mol. The number of Topliss-reactive ketones (excluding diaryl/α,β-unsaturated/α-hetero) is 1. The first-order chi connectivity index (χ1) is 12.4. The van der Waals surface area contributed by atoms with Crippen LogP contribution in [0, 0.1) is 0 Å². The molecule has 0 fully saturated rings. The monoisotopic (exact) mass is 361 g/mol. The van der Waals surface area contributed by atoms with E-state index in [4.69, 9.17) is 0 Å². The molecule has 1 N–H and O–H groups in total. The maximum absolute atomic E-state index is 14.2. The van der Waals surface area contributed by atoms with Crippen molar-refractivity contribution in [1.29, 1.82) is 0 Å². The standard InChI is InChI=1S/C19H17F2NO4/c1-26-17(24)15(12-13-8-4-2-5-9-13)22-18(25)19(20,21)16(23)14-10-6-3-7-11-14/h2-11,15H,12H2,1H3,(H,22,25)/t15-/m0/s1. The SMILES string of the molecule is COC(=O)[C@H](Cc1ccccc1)NC(=O)C(F)(F)C(=O)c1ccccc1. The molecular formula is C19H17F2NO4. The van der Waals surface area contributed by atoms with Gasteiger partial charge < -0.3 is 10.1 Å². The van der Waals surface area contributed by atoms with E-state index in [-0.39, 0.29) is 12.0 Å². The molecule has 0 saturated carbocycles. The van der Waals surface area contributed by atoms with Gasteiger partial charge in [-0.05, 0) is 5.56 Å². The fourth-order valence-electron chi connectivity index (χ4n) is 2.31. The second-order valence-electron chi connectivity index (χ2n) is 5.51. The molecule has 2 aromatic rings. The van der Waals surface area contributed by atoms with Gasteiger partial charge in [0, 0.05) is 12.0 Å². The Morgan fingerprint density at radius 1 is 1.00 bits per heavy atom. The van der Waals surface area contributed by atoms with E-state index in [1.54, 1.807) is 36.4 Å². The number of amides is 1. The molecule has 2 aromatic carbocycles. The molecule has 0 aromatic heterocycles. The van der Waals surface area contributed by atoms with Crippen molar-refractivity contribution in [3.05, 3.63) is 71.8 Å². The smallest absolute Gasteiger partial charge is 0.386 e. The highest BCUT2D eigenvalue weighted by Crippen LogP contribution is 2.21. The maximum Gasteiger partial charge on any atom is 0.386 e. The van der Waals surface area contributed by atoms with Crippen LogP contribution in [-0.2, 0) is 20.7 Å². The normalized spacial score (nSPS) is 12.1. The number of benzene rings is 2. The van der Waals surface area contributed by atoms with Crippen LogP contribution in [0.25, 0.3) is 0 Å². The van der Waals surface area contributed by atoms with Gasteiger partial charge in [-0.25, -0.2) is 4.79 Å². The number of hydrogen-bond acceptors (Lipinski definition) is 4. The lowest BCUT2D eigenvalue weighted by atomic mass is 10.0. The van der Waals surface area contributed by atoms with Gasteiger partial charge in [-0.2, -0.15) is 8.78 Å². The van der Waals surface area contributed by atoms with Gasteiger partial charge in [-0.15, -0.1) is 0 Å². The zero-order valence-corrected chi connectivity index (χ0v) is 13.9. The third-order valence-electron chi connectivity index (χ3n) is 3.68. The summed E-state index contributed by atoms with van der Waals surface area (Å²) in [6, 6.07) is 13.9. The average Bonchev–Trinajstić information content (AvgIpc) is 2.67. The first kappa shape index (κ1) is 19.2. The van der Waals surface area contributed by atoms with E-state index in [0.717, 1.165) is 7.11 Å². The Balaban J connectivity index is 2.17. The summed E-state index contributed by atoms with van der Waals surface area (Å²) < 4.78 is 33.1. The molecule has 136 valence electrons. The Morgan fingerprint density at radius 2 is 1.54 bits per heavy atom. The number of methoxy groups -OCH3 is 1. The molecule has 0 aliphatic rings. The Morgan fingerprint density at radius 3 is 2.08 bits per heavy atom. The highest BCUT2D eigenvalue weighted by Gasteiger charge is 2.48. The van der Waals surface area contributed by atoms with Crippen molar-refractivity contribution in [2.45, 2.75) is 18.4 Å². The molecule has 7 heteroatoms. The number of ether oxygens (including phenoxy) is 1. The summed E-state index contributed by atoms with van der Waals surface area (Å²) in [5, 5.41) is 1.92. The van der Waals surface area contributed by atoms with Gasteiger partial charge in [0.15, 0.2) is 0 Å². The van der Waals surface area contributed by atoms with Crippen LogP contribution < -0.4 is 5.32 Å². The molecule has 1 atom stereocenters. The topological polar surface area (TPSA) is 72.5 Å². The summed E-state index contributed by atoms with van der Waals surface area (Å²) >= 11 is 0. The van der Waals surface area contributed by atoms with Gasteiger partial charge >= 0.3 is 11.9 Å². The summed E-state index contributed by atoms with van der Waals surface area (Å²) in [6.45, 7) is 0. The quantitative estimate of drug-likeness (QED) is 0.467. The van der Waals surface area contributed by atoms with Crippen LogP contribution in [0.4, 0.5) is 8.78 Å². The lowest BCUT2D eigenvalue weighted by Gasteiger charge is -2.20. The average molecular weight is 361 g/mol. The van der Waals surface area contributed by atoms with Crippen molar-refractivity contribution < 1.29 is 27.9 Å². The number of rotatable bonds is 7.